The van der Waals surface area contributed by atoms with Crippen LogP contribution in [-0.2, 0) is 16.0 Å². The summed E-state index contributed by atoms with van der Waals surface area (Å²) in [5, 5.41) is 13.3. The van der Waals surface area contributed by atoms with Crippen LogP contribution in [0.1, 0.15) is 16.1 Å². The molecule has 0 aliphatic carbocycles. The van der Waals surface area contributed by atoms with Gasteiger partial charge in [0.05, 0.1) is 30.4 Å². The maximum absolute atomic E-state index is 13.6. The molecule has 0 spiro atoms. The largest absolute Gasteiger partial charge is 0.480 e. The van der Waals surface area contributed by atoms with Crippen molar-refractivity contribution < 1.29 is 31.1 Å². The molecule has 1 aliphatic heterocycles. The van der Waals surface area contributed by atoms with Crippen molar-refractivity contribution in [2.75, 3.05) is 44.8 Å². The minimum atomic E-state index is -4.87. The average Bonchev–Trinajstić information content (AvgIpc) is 3.15. The van der Waals surface area contributed by atoms with Crippen LogP contribution in [-0.4, -0.2) is 84.0 Å². The molecule has 1 fully saturated rings. The van der Waals surface area contributed by atoms with Crippen LogP contribution in [0.15, 0.2) is 18.3 Å². The van der Waals surface area contributed by atoms with Gasteiger partial charge in [-0.2, -0.15) is 18.3 Å². The van der Waals surface area contributed by atoms with E-state index in [9.17, 15) is 26.4 Å². The number of ether oxygens (including phenoxy) is 1. The molecule has 1 amide bonds. The van der Waals surface area contributed by atoms with Crippen molar-refractivity contribution in [3.63, 3.8) is 0 Å². The number of hydrogen-bond donors (Lipinski definition) is 1. The first-order valence-electron chi connectivity index (χ1n) is 8.85. The third-order valence-electron chi connectivity index (χ3n) is 4.49. The quantitative estimate of drug-likeness (QED) is 0.663. The summed E-state index contributed by atoms with van der Waals surface area (Å²) in [5.74, 6) is -1.01. The molecule has 2 aromatic rings. The highest BCUT2D eigenvalue weighted by Gasteiger charge is 2.41. The van der Waals surface area contributed by atoms with Gasteiger partial charge in [-0.05, 0) is 6.07 Å². The number of methoxy groups -OCH3 is 1. The van der Waals surface area contributed by atoms with Crippen LogP contribution in [0.25, 0.3) is 5.82 Å². The second-order valence-corrected chi connectivity index (χ2v) is 8.80. The van der Waals surface area contributed by atoms with Gasteiger partial charge in [0.1, 0.15) is 0 Å². The first kappa shape index (κ1) is 22.0. The number of halogens is 3. The minimum Gasteiger partial charge on any atom is -0.480 e. The Labute approximate surface area is 169 Å². The highest BCUT2D eigenvalue weighted by atomic mass is 32.2. The predicted molar refractivity (Wildman–Crippen MR) is 98.1 cm³/mol. The summed E-state index contributed by atoms with van der Waals surface area (Å²) in [6, 6.07) is 2.56. The number of alkyl halides is 3. The second kappa shape index (κ2) is 8.55. The number of hydrogen-bond acceptors (Lipinski definition) is 8. The molecular formula is C16H19F3N6O4S. The standard InChI is InChI=1S/C16H19F3N6O4S/c1-29-13-3-2-12(22-23-13)25-14(16(17,18)19)11(10-21-25)15(26)20-4-5-24-6-8-30(27,28)9-7-24/h2-3,10H,4-9H2,1H3,(H,20,26). The zero-order valence-electron chi connectivity index (χ0n) is 15.9. The molecule has 1 aliphatic rings. The van der Waals surface area contributed by atoms with Gasteiger partial charge in [-0.3, -0.25) is 9.69 Å². The number of aromatic nitrogens is 4. The van der Waals surface area contributed by atoms with Crippen LogP contribution in [0.4, 0.5) is 13.2 Å². The van der Waals surface area contributed by atoms with Gasteiger partial charge < -0.3 is 10.1 Å². The first-order chi connectivity index (χ1) is 14.1. The highest BCUT2D eigenvalue weighted by Crippen LogP contribution is 2.33. The normalized spacial score (nSPS) is 16.9. The van der Waals surface area contributed by atoms with E-state index in [-0.39, 0.29) is 29.7 Å². The summed E-state index contributed by atoms with van der Waals surface area (Å²) in [4.78, 5) is 14.2. The van der Waals surface area contributed by atoms with Gasteiger partial charge in [-0.1, -0.05) is 0 Å². The van der Waals surface area contributed by atoms with E-state index in [1.807, 2.05) is 4.90 Å². The summed E-state index contributed by atoms with van der Waals surface area (Å²) >= 11 is 0. The molecule has 0 bridgehead atoms. The van der Waals surface area contributed by atoms with E-state index in [1.54, 1.807) is 0 Å². The van der Waals surface area contributed by atoms with Gasteiger partial charge in [0.25, 0.3) is 5.91 Å². The first-order valence-corrected chi connectivity index (χ1v) is 10.7. The molecule has 10 nitrogen and oxygen atoms in total. The fourth-order valence-corrected chi connectivity index (χ4v) is 4.17. The highest BCUT2D eigenvalue weighted by molar-refractivity contribution is 7.91. The Bertz CT molecular complexity index is 993. The topological polar surface area (TPSA) is 119 Å². The van der Waals surface area contributed by atoms with Crippen LogP contribution in [0.2, 0.25) is 0 Å². The lowest BCUT2D eigenvalue weighted by molar-refractivity contribution is -0.143. The van der Waals surface area contributed by atoms with Gasteiger partial charge >= 0.3 is 6.18 Å². The monoisotopic (exact) mass is 448 g/mol. The number of carbonyl (C=O) groups is 1. The van der Waals surface area contributed by atoms with Crippen molar-refractivity contribution >= 4 is 15.7 Å². The smallest absolute Gasteiger partial charge is 0.434 e. The van der Waals surface area contributed by atoms with Gasteiger partial charge in [0, 0.05) is 32.2 Å². The Kier molecular flexibility index (Phi) is 6.26. The SMILES string of the molecule is COc1ccc(-n2ncc(C(=O)NCCN3CCS(=O)(=O)CC3)c2C(F)(F)F)nn1. The third kappa shape index (κ3) is 5.05. The Morgan fingerprint density at radius 1 is 1.23 bits per heavy atom. The van der Waals surface area contributed by atoms with Crippen molar-refractivity contribution in [3.8, 4) is 11.7 Å². The predicted octanol–water partition coefficient (Wildman–Crippen LogP) is 0.150. The Morgan fingerprint density at radius 2 is 1.93 bits per heavy atom. The number of amides is 1. The van der Waals surface area contributed by atoms with Crippen molar-refractivity contribution in [1.29, 1.82) is 0 Å². The summed E-state index contributed by atoms with van der Waals surface area (Å²) in [5.41, 5.74) is -1.93. The number of carbonyl (C=O) groups excluding carboxylic acids is 1. The van der Waals surface area contributed by atoms with E-state index >= 15 is 0 Å². The average molecular weight is 448 g/mol. The molecule has 0 saturated carbocycles. The van der Waals surface area contributed by atoms with Gasteiger partial charge in [0.15, 0.2) is 21.3 Å². The van der Waals surface area contributed by atoms with Crippen molar-refractivity contribution in [3.05, 3.63) is 29.6 Å². The lowest BCUT2D eigenvalue weighted by Crippen LogP contribution is -2.44. The summed E-state index contributed by atoms with van der Waals surface area (Å²) in [7, 11) is -1.70. The Hall–Kier alpha value is -2.74. The molecule has 0 atom stereocenters. The van der Waals surface area contributed by atoms with Crippen molar-refractivity contribution in [2.24, 2.45) is 0 Å². The third-order valence-corrected chi connectivity index (χ3v) is 6.09. The molecule has 30 heavy (non-hydrogen) atoms. The number of nitrogens with zero attached hydrogens (tertiary/aromatic N) is 5. The van der Waals surface area contributed by atoms with Crippen LogP contribution in [0.5, 0.6) is 5.88 Å². The number of rotatable bonds is 6. The van der Waals surface area contributed by atoms with Crippen molar-refractivity contribution in [2.45, 2.75) is 6.18 Å². The molecule has 14 heteroatoms. The van der Waals surface area contributed by atoms with Gasteiger partial charge in [-0.15, -0.1) is 10.2 Å². The van der Waals surface area contributed by atoms with E-state index in [1.165, 1.54) is 19.2 Å². The fraction of sp³-hybridized carbons (Fsp3) is 0.500. The Balaban J connectivity index is 1.71. The molecule has 1 N–H and O–H groups in total. The molecule has 164 valence electrons. The lowest BCUT2D eigenvalue weighted by Gasteiger charge is -2.26. The summed E-state index contributed by atoms with van der Waals surface area (Å²) < 4.78 is 69.1. The van der Waals surface area contributed by atoms with Gasteiger partial charge in [-0.25, -0.2) is 13.1 Å². The maximum atomic E-state index is 13.6. The zero-order valence-corrected chi connectivity index (χ0v) is 16.7. The van der Waals surface area contributed by atoms with Crippen LogP contribution in [0.3, 0.4) is 0 Å². The Morgan fingerprint density at radius 3 is 2.50 bits per heavy atom. The number of nitrogens with one attached hydrogen (secondary N) is 1. The maximum Gasteiger partial charge on any atom is 0.434 e. The van der Waals surface area contributed by atoms with Gasteiger partial charge in [0.2, 0.25) is 5.88 Å². The zero-order chi connectivity index (χ0) is 21.9. The van der Waals surface area contributed by atoms with Crippen molar-refractivity contribution in [1.82, 2.24) is 30.2 Å². The van der Waals surface area contributed by atoms with E-state index in [0.29, 0.717) is 24.3 Å². The molecule has 0 aromatic carbocycles. The molecule has 3 heterocycles. The van der Waals surface area contributed by atoms with Crippen LogP contribution >= 0.6 is 0 Å². The van der Waals surface area contributed by atoms with E-state index in [4.69, 9.17) is 4.74 Å². The molecular weight excluding hydrogens is 429 g/mol. The minimum absolute atomic E-state index is 0.0227. The number of sulfone groups is 1. The second-order valence-electron chi connectivity index (χ2n) is 6.50. The van der Waals surface area contributed by atoms with E-state index in [0.717, 1.165) is 6.20 Å². The molecule has 3 rings (SSSR count). The fourth-order valence-electron chi connectivity index (χ4n) is 2.89. The van der Waals surface area contributed by atoms with E-state index < -0.39 is 33.2 Å². The molecule has 1 saturated heterocycles. The molecule has 2 aromatic heterocycles. The molecule has 0 radical (unpaired) electrons. The van der Waals surface area contributed by atoms with Crippen LogP contribution in [0, 0.1) is 0 Å². The van der Waals surface area contributed by atoms with Crippen LogP contribution < -0.4 is 10.1 Å². The lowest BCUT2D eigenvalue weighted by atomic mass is 10.2. The molecule has 0 unspecified atom stereocenters. The summed E-state index contributed by atoms with van der Waals surface area (Å²) in [6.45, 7) is 1.02. The summed E-state index contributed by atoms with van der Waals surface area (Å²) in [6.07, 6.45) is -4.05. The van der Waals surface area contributed by atoms with E-state index in [2.05, 4.69) is 20.6 Å².